The van der Waals surface area contributed by atoms with E-state index >= 15 is 0 Å². The Morgan fingerprint density at radius 2 is 2.19 bits per heavy atom. The van der Waals surface area contributed by atoms with Crippen LogP contribution in [-0.2, 0) is 28.4 Å². The van der Waals surface area contributed by atoms with E-state index in [2.05, 4.69) is 4.98 Å². The molecule has 16 heavy (non-hydrogen) atoms. The molecule has 4 nitrogen and oxygen atoms in total. The molecule has 0 amide bonds. The number of thiazole rings is 1. The van der Waals surface area contributed by atoms with Crippen LogP contribution in [0, 0.1) is 0 Å². The Morgan fingerprint density at radius 3 is 2.94 bits per heavy atom. The predicted molar refractivity (Wildman–Crippen MR) is 65.3 cm³/mol. The van der Waals surface area contributed by atoms with E-state index in [0.717, 1.165) is 34.8 Å². The second-order valence-corrected chi connectivity index (χ2v) is 7.42. The van der Waals surface area contributed by atoms with E-state index in [4.69, 9.17) is 5.73 Å². The van der Waals surface area contributed by atoms with Gasteiger partial charge in [-0.3, -0.25) is 0 Å². The molecule has 1 aromatic heterocycles. The second-order valence-electron chi connectivity index (χ2n) is 4.07. The number of hydrogen-bond acceptors (Lipinski definition) is 5. The summed E-state index contributed by atoms with van der Waals surface area (Å²) in [7, 11) is -2.86. The molecule has 0 spiro atoms. The van der Waals surface area contributed by atoms with Gasteiger partial charge in [-0.1, -0.05) is 0 Å². The minimum absolute atomic E-state index is 0.191. The lowest BCUT2D eigenvalue weighted by molar-refractivity contribution is 0.591. The van der Waals surface area contributed by atoms with Crippen LogP contribution in [0.15, 0.2) is 0 Å². The molecule has 6 heteroatoms. The average Bonchev–Trinajstić information content (AvgIpc) is 2.58. The minimum Gasteiger partial charge on any atom is -0.330 e. The highest BCUT2D eigenvalue weighted by atomic mass is 32.2. The highest BCUT2D eigenvalue weighted by Gasteiger charge is 2.24. The molecule has 0 saturated heterocycles. The molecule has 0 bridgehead atoms. The average molecular weight is 260 g/mol. The summed E-state index contributed by atoms with van der Waals surface area (Å²) in [5.41, 5.74) is 6.43. The molecule has 0 aromatic carbocycles. The molecule has 2 rings (SSSR count). The quantitative estimate of drug-likeness (QED) is 0.816. The fourth-order valence-electron chi connectivity index (χ4n) is 1.80. The number of sulfone groups is 1. The third-order valence-corrected chi connectivity index (χ3v) is 5.56. The zero-order chi connectivity index (χ0) is 11.6. The first-order chi connectivity index (χ1) is 7.61. The Bertz CT molecular complexity index is 465. The smallest absolute Gasteiger partial charge is 0.155 e. The van der Waals surface area contributed by atoms with Gasteiger partial charge >= 0.3 is 0 Å². The van der Waals surface area contributed by atoms with E-state index in [1.807, 2.05) is 0 Å². The molecule has 90 valence electrons. The number of unbranched alkanes of at least 4 members (excludes halogenated alkanes) is 1. The molecule has 0 fully saturated rings. The van der Waals surface area contributed by atoms with Crippen molar-refractivity contribution in [2.45, 2.75) is 31.4 Å². The molecule has 2 heterocycles. The van der Waals surface area contributed by atoms with Crippen LogP contribution in [0.2, 0.25) is 0 Å². The van der Waals surface area contributed by atoms with Crippen molar-refractivity contribution in [3.8, 4) is 0 Å². The SMILES string of the molecule is NCCCCc1nc2c(s1)CS(=O)(=O)CC2. The minimum atomic E-state index is -2.86. The van der Waals surface area contributed by atoms with E-state index in [1.54, 1.807) is 11.3 Å². The molecular formula is C10H16N2O2S2. The van der Waals surface area contributed by atoms with Crippen molar-refractivity contribution < 1.29 is 8.42 Å². The number of nitrogens with two attached hydrogens (primary N) is 1. The van der Waals surface area contributed by atoms with Crippen LogP contribution in [0.1, 0.15) is 28.4 Å². The summed E-state index contributed by atoms with van der Waals surface area (Å²) >= 11 is 1.56. The van der Waals surface area contributed by atoms with Crippen LogP contribution in [0.3, 0.4) is 0 Å². The first-order valence-electron chi connectivity index (χ1n) is 5.49. The Morgan fingerprint density at radius 1 is 1.38 bits per heavy atom. The third kappa shape index (κ3) is 2.81. The van der Waals surface area contributed by atoms with E-state index in [9.17, 15) is 8.42 Å². The summed E-state index contributed by atoms with van der Waals surface area (Å²) in [6.07, 6.45) is 3.55. The maximum Gasteiger partial charge on any atom is 0.155 e. The van der Waals surface area contributed by atoms with Crippen molar-refractivity contribution in [3.63, 3.8) is 0 Å². The van der Waals surface area contributed by atoms with Gasteiger partial charge in [0.1, 0.15) is 0 Å². The van der Waals surface area contributed by atoms with Gasteiger partial charge in [0.25, 0.3) is 0 Å². The molecule has 0 unspecified atom stereocenters. The molecule has 0 atom stereocenters. The second kappa shape index (κ2) is 4.81. The summed E-state index contributed by atoms with van der Waals surface area (Å²) in [5.74, 6) is 0.447. The number of nitrogens with zero attached hydrogens (tertiary/aromatic N) is 1. The normalized spacial score (nSPS) is 18.3. The Balaban J connectivity index is 2.07. The largest absolute Gasteiger partial charge is 0.330 e. The predicted octanol–water partition coefficient (Wildman–Crippen LogP) is 0.895. The molecule has 0 aliphatic carbocycles. The van der Waals surface area contributed by atoms with Gasteiger partial charge in [0.15, 0.2) is 9.84 Å². The standard InChI is InChI=1S/C10H16N2O2S2/c11-5-2-1-3-10-12-8-4-6-16(13,14)7-9(8)15-10/h1-7,11H2. The first kappa shape index (κ1) is 12.0. The van der Waals surface area contributed by atoms with Crippen LogP contribution in [0.5, 0.6) is 0 Å². The van der Waals surface area contributed by atoms with Crippen LogP contribution in [0.25, 0.3) is 0 Å². The number of fused-ring (bicyclic) bond motifs is 1. The first-order valence-corrected chi connectivity index (χ1v) is 8.12. The van der Waals surface area contributed by atoms with E-state index in [0.29, 0.717) is 13.0 Å². The summed E-state index contributed by atoms with van der Waals surface area (Å²) in [5, 5.41) is 1.07. The Hall–Kier alpha value is -0.460. The van der Waals surface area contributed by atoms with Gasteiger partial charge in [-0.25, -0.2) is 13.4 Å². The maximum atomic E-state index is 11.4. The number of aryl methyl sites for hydroxylation is 2. The van der Waals surface area contributed by atoms with Crippen LogP contribution in [-0.4, -0.2) is 25.7 Å². The van der Waals surface area contributed by atoms with Crippen molar-refractivity contribution in [1.29, 1.82) is 0 Å². The van der Waals surface area contributed by atoms with Crippen molar-refractivity contribution in [1.82, 2.24) is 4.98 Å². The van der Waals surface area contributed by atoms with E-state index in [1.165, 1.54) is 0 Å². The Labute approximate surface area is 99.8 Å². The highest BCUT2D eigenvalue weighted by molar-refractivity contribution is 7.90. The zero-order valence-electron chi connectivity index (χ0n) is 9.11. The van der Waals surface area contributed by atoms with Crippen LogP contribution >= 0.6 is 11.3 Å². The van der Waals surface area contributed by atoms with Crippen molar-refractivity contribution >= 4 is 21.2 Å². The highest BCUT2D eigenvalue weighted by Crippen LogP contribution is 2.27. The third-order valence-electron chi connectivity index (χ3n) is 2.67. The maximum absolute atomic E-state index is 11.4. The summed E-state index contributed by atoms with van der Waals surface area (Å²) in [6, 6.07) is 0. The molecule has 1 aromatic rings. The van der Waals surface area contributed by atoms with E-state index in [-0.39, 0.29) is 11.5 Å². The number of rotatable bonds is 4. The molecule has 0 saturated carbocycles. The Kier molecular flexibility index (Phi) is 3.61. The topological polar surface area (TPSA) is 73.0 Å². The lowest BCUT2D eigenvalue weighted by Gasteiger charge is -2.09. The van der Waals surface area contributed by atoms with Crippen molar-refractivity contribution in [2.75, 3.05) is 12.3 Å². The molecule has 2 N–H and O–H groups in total. The van der Waals surface area contributed by atoms with Gasteiger partial charge in [0.2, 0.25) is 0 Å². The monoisotopic (exact) mass is 260 g/mol. The lowest BCUT2D eigenvalue weighted by Crippen LogP contribution is -2.17. The fraction of sp³-hybridized carbons (Fsp3) is 0.700. The van der Waals surface area contributed by atoms with Gasteiger partial charge in [-0.05, 0) is 25.8 Å². The van der Waals surface area contributed by atoms with Gasteiger partial charge < -0.3 is 5.73 Å². The van der Waals surface area contributed by atoms with Gasteiger partial charge in [0.05, 0.1) is 22.2 Å². The van der Waals surface area contributed by atoms with E-state index < -0.39 is 9.84 Å². The molecule has 1 aliphatic rings. The molecule has 1 aliphatic heterocycles. The lowest BCUT2D eigenvalue weighted by atomic mass is 10.2. The van der Waals surface area contributed by atoms with Crippen molar-refractivity contribution in [2.24, 2.45) is 5.73 Å². The summed E-state index contributed by atoms with van der Waals surface area (Å²) in [4.78, 5) is 5.45. The summed E-state index contributed by atoms with van der Waals surface area (Å²) in [6.45, 7) is 0.708. The van der Waals surface area contributed by atoms with Gasteiger partial charge in [-0.15, -0.1) is 11.3 Å². The zero-order valence-corrected chi connectivity index (χ0v) is 10.7. The van der Waals surface area contributed by atoms with Crippen LogP contribution < -0.4 is 5.73 Å². The fourth-order valence-corrected chi connectivity index (χ4v) is 4.74. The molecule has 0 radical (unpaired) electrons. The van der Waals surface area contributed by atoms with Gasteiger partial charge in [0, 0.05) is 11.3 Å². The van der Waals surface area contributed by atoms with Gasteiger partial charge in [-0.2, -0.15) is 0 Å². The summed E-state index contributed by atoms with van der Waals surface area (Å²) < 4.78 is 22.9. The number of aromatic nitrogens is 1. The van der Waals surface area contributed by atoms with Crippen LogP contribution in [0.4, 0.5) is 0 Å². The van der Waals surface area contributed by atoms with Crippen molar-refractivity contribution in [3.05, 3.63) is 15.6 Å². The number of hydrogen-bond donors (Lipinski definition) is 1. The molecular weight excluding hydrogens is 244 g/mol.